The fourth-order valence-corrected chi connectivity index (χ4v) is 2.95. The Morgan fingerprint density at radius 3 is 2.58 bits per heavy atom. The Hall–Kier alpha value is -2.09. The van der Waals surface area contributed by atoms with E-state index in [1.165, 1.54) is 11.5 Å². The van der Waals surface area contributed by atoms with E-state index < -0.39 is 0 Å². The highest BCUT2D eigenvalue weighted by Crippen LogP contribution is 2.22. The van der Waals surface area contributed by atoms with Crippen LogP contribution >= 0.6 is 23.1 Å². The van der Waals surface area contributed by atoms with Crippen molar-refractivity contribution in [1.82, 2.24) is 3.96 Å². The molecule has 19 heavy (non-hydrogen) atoms. The molecule has 3 aromatic rings. The van der Waals surface area contributed by atoms with Crippen molar-refractivity contribution in [2.75, 3.05) is 0 Å². The summed E-state index contributed by atoms with van der Waals surface area (Å²) in [6.45, 7) is 0. The minimum atomic E-state index is -0.112. The molecule has 0 saturated heterocycles. The molecule has 0 bridgehead atoms. The van der Waals surface area contributed by atoms with Crippen LogP contribution in [0.25, 0.3) is 15.8 Å². The molecule has 0 radical (unpaired) electrons. The summed E-state index contributed by atoms with van der Waals surface area (Å²) in [5.74, 6) is 0. The van der Waals surface area contributed by atoms with E-state index in [2.05, 4.69) is 0 Å². The van der Waals surface area contributed by atoms with E-state index in [0.29, 0.717) is 16.0 Å². The van der Waals surface area contributed by atoms with Crippen molar-refractivity contribution in [3.63, 3.8) is 0 Å². The lowest BCUT2D eigenvalue weighted by molar-refractivity contribution is 1.14. The summed E-state index contributed by atoms with van der Waals surface area (Å²) < 4.78 is 2.46. The third kappa shape index (κ3) is 2.03. The molecular formula is C14H7ClN2OS. The van der Waals surface area contributed by atoms with Gasteiger partial charge in [0.2, 0.25) is 0 Å². The van der Waals surface area contributed by atoms with E-state index in [9.17, 15) is 4.79 Å². The van der Waals surface area contributed by atoms with Gasteiger partial charge in [0, 0.05) is 5.02 Å². The summed E-state index contributed by atoms with van der Waals surface area (Å²) >= 11 is 7.19. The van der Waals surface area contributed by atoms with Crippen LogP contribution in [0.1, 0.15) is 5.56 Å². The molecular weight excluding hydrogens is 280 g/mol. The van der Waals surface area contributed by atoms with Gasteiger partial charge in [-0.25, -0.2) is 3.96 Å². The van der Waals surface area contributed by atoms with E-state index in [4.69, 9.17) is 16.9 Å². The highest BCUT2D eigenvalue weighted by Gasteiger charge is 2.09. The Kier molecular flexibility index (Phi) is 2.86. The van der Waals surface area contributed by atoms with E-state index in [1.54, 1.807) is 46.4 Å². The first-order valence-electron chi connectivity index (χ1n) is 5.51. The quantitative estimate of drug-likeness (QED) is 0.686. The zero-order chi connectivity index (χ0) is 13.4. The fourth-order valence-electron chi connectivity index (χ4n) is 1.84. The van der Waals surface area contributed by atoms with Gasteiger partial charge in [0.05, 0.1) is 27.4 Å². The second kappa shape index (κ2) is 4.54. The number of nitriles is 1. The standard InChI is InChI=1S/C14H7ClN2OS/c15-10-2-4-11(5-3-10)17-14(18)12-7-9(8-16)1-6-13(12)19-17/h1-7H. The molecule has 1 aromatic heterocycles. The molecule has 92 valence electrons. The number of rotatable bonds is 1. The van der Waals surface area contributed by atoms with Crippen molar-refractivity contribution in [2.45, 2.75) is 0 Å². The van der Waals surface area contributed by atoms with Crippen LogP contribution in [0.2, 0.25) is 5.02 Å². The van der Waals surface area contributed by atoms with Crippen molar-refractivity contribution in [2.24, 2.45) is 0 Å². The molecule has 1 heterocycles. The van der Waals surface area contributed by atoms with E-state index in [0.717, 1.165) is 10.4 Å². The molecule has 0 unspecified atom stereocenters. The van der Waals surface area contributed by atoms with Crippen LogP contribution < -0.4 is 5.56 Å². The van der Waals surface area contributed by atoms with Crippen LogP contribution in [0, 0.1) is 11.3 Å². The van der Waals surface area contributed by atoms with Crippen LogP contribution in [0.5, 0.6) is 0 Å². The molecule has 5 heteroatoms. The minimum absolute atomic E-state index is 0.112. The predicted molar refractivity (Wildman–Crippen MR) is 77.1 cm³/mol. The van der Waals surface area contributed by atoms with Crippen LogP contribution in [-0.2, 0) is 0 Å². The van der Waals surface area contributed by atoms with Crippen LogP contribution in [-0.4, -0.2) is 3.96 Å². The van der Waals surface area contributed by atoms with Gasteiger partial charge >= 0.3 is 0 Å². The zero-order valence-electron chi connectivity index (χ0n) is 9.63. The van der Waals surface area contributed by atoms with Crippen molar-refractivity contribution in [3.05, 3.63) is 63.4 Å². The Labute approximate surface area is 118 Å². The lowest BCUT2D eigenvalue weighted by Crippen LogP contribution is -2.10. The summed E-state index contributed by atoms with van der Waals surface area (Å²) in [4.78, 5) is 12.3. The Morgan fingerprint density at radius 2 is 1.89 bits per heavy atom. The summed E-state index contributed by atoms with van der Waals surface area (Å²) in [5, 5.41) is 10.1. The third-order valence-electron chi connectivity index (χ3n) is 2.77. The van der Waals surface area contributed by atoms with Gasteiger partial charge in [-0.2, -0.15) is 5.26 Å². The summed E-state index contributed by atoms with van der Waals surface area (Å²) in [6, 6.07) is 14.3. The maximum atomic E-state index is 12.3. The lowest BCUT2D eigenvalue weighted by Gasteiger charge is -1.99. The van der Waals surface area contributed by atoms with Gasteiger partial charge in [-0.3, -0.25) is 4.79 Å². The van der Waals surface area contributed by atoms with E-state index in [-0.39, 0.29) is 5.56 Å². The molecule has 0 fully saturated rings. The molecule has 0 aliphatic carbocycles. The Morgan fingerprint density at radius 1 is 1.16 bits per heavy atom. The maximum absolute atomic E-state index is 12.3. The zero-order valence-corrected chi connectivity index (χ0v) is 11.2. The van der Waals surface area contributed by atoms with E-state index in [1.807, 2.05) is 6.07 Å². The maximum Gasteiger partial charge on any atom is 0.273 e. The first-order valence-corrected chi connectivity index (χ1v) is 6.66. The third-order valence-corrected chi connectivity index (χ3v) is 4.14. The minimum Gasteiger partial charge on any atom is -0.267 e. The van der Waals surface area contributed by atoms with Crippen molar-refractivity contribution in [1.29, 1.82) is 5.26 Å². The van der Waals surface area contributed by atoms with Gasteiger partial charge in [0.25, 0.3) is 5.56 Å². The van der Waals surface area contributed by atoms with Crippen molar-refractivity contribution in [3.8, 4) is 11.8 Å². The van der Waals surface area contributed by atoms with E-state index >= 15 is 0 Å². The molecule has 0 atom stereocenters. The number of halogens is 1. The second-order valence-electron chi connectivity index (χ2n) is 3.99. The van der Waals surface area contributed by atoms with Gasteiger partial charge in [-0.05, 0) is 42.5 Å². The fraction of sp³-hybridized carbons (Fsp3) is 0. The number of nitrogens with zero attached hydrogens (tertiary/aromatic N) is 2. The lowest BCUT2D eigenvalue weighted by atomic mass is 10.2. The van der Waals surface area contributed by atoms with Crippen LogP contribution in [0.15, 0.2) is 47.3 Å². The molecule has 0 spiro atoms. The first-order chi connectivity index (χ1) is 9.19. The largest absolute Gasteiger partial charge is 0.273 e. The van der Waals surface area contributed by atoms with Gasteiger partial charge < -0.3 is 0 Å². The van der Waals surface area contributed by atoms with Crippen molar-refractivity contribution < 1.29 is 0 Å². The molecule has 0 N–H and O–H groups in total. The number of hydrogen-bond acceptors (Lipinski definition) is 3. The number of aromatic nitrogens is 1. The molecule has 0 aliphatic heterocycles. The molecule has 0 amide bonds. The molecule has 2 aromatic carbocycles. The van der Waals surface area contributed by atoms with Gasteiger partial charge in [-0.1, -0.05) is 23.1 Å². The second-order valence-corrected chi connectivity index (χ2v) is 5.41. The first kappa shape index (κ1) is 12.0. The molecule has 3 rings (SSSR count). The SMILES string of the molecule is N#Cc1ccc2sn(-c3ccc(Cl)cc3)c(=O)c2c1. The topological polar surface area (TPSA) is 45.8 Å². The average molecular weight is 287 g/mol. The number of benzene rings is 2. The summed E-state index contributed by atoms with van der Waals surface area (Å²) in [6.07, 6.45) is 0. The smallest absolute Gasteiger partial charge is 0.267 e. The van der Waals surface area contributed by atoms with Gasteiger partial charge in [0.1, 0.15) is 0 Å². The highest BCUT2D eigenvalue weighted by molar-refractivity contribution is 7.14. The molecule has 3 nitrogen and oxygen atoms in total. The summed E-state index contributed by atoms with van der Waals surface area (Å²) in [5.41, 5.74) is 1.15. The predicted octanol–water partition coefficient (Wildman–Crippen LogP) is 3.58. The number of fused-ring (bicyclic) bond motifs is 1. The monoisotopic (exact) mass is 286 g/mol. The Balaban J connectivity index is 2.26. The molecule has 0 saturated carbocycles. The Bertz CT molecular complexity index is 856. The van der Waals surface area contributed by atoms with Gasteiger partial charge in [0.15, 0.2) is 0 Å². The molecule has 0 aliphatic rings. The average Bonchev–Trinajstić information content (AvgIpc) is 2.76. The van der Waals surface area contributed by atoms with Gasteiger partial charge in [-0.15, -0.1) is 0 Å². The van der Waals surface area contributed by atoms with Crippen LogP contribution in [0.4, 0.5) is 0 Å². The summed E-state index contributed by atoms with van der Waals surface area (Å²) in [7, 11) is 0. The highest BCUT2D eigenvalue weighted by atomic mass is 35.5. The van der Waals surface area contributed by atoms with Crippen LogP contribution in [0.3, 0.4) is 0 Å². The normalized spacial score (nSPS) is 10.5. The van der Waals surface area contributed by atoms with Crippen molar-refractivity contribution >= 4 is 33.2 Å². The number of hydrogen-bond donors (Lipinski definition) is 0.